The third-order valence-corrected chi connectivity index (χ3v) is 8.62. The van der Waals surface area contributed by atoms with Crippen molar-refractivity contribution in [3.63, 3.8) is 0 Å². The van der Waals surface area contributed by atoms with Crippen LogP contribution in [-0.4, -0.2) is 17.7 Å². The minimum Gasteiger partial charge on any atom is -0.324 e. The Morgan fingerprint density at radius 1 is 0.652 bits per heavy atom. The molecule has 5 aromatic carbocycles. The van der Waals surface area contributed by atoms with Gasteiger partial charge in [0.2, 0.25) is 5.91 Å². The van der Waals surface area contributed by atoms with Crippen LogP contribution in [0.25, 0.3) is 6.08 Å². The van der Waals surface area contributed by atoms with Gasteiger partial charge in [0.15, 0.2) is 0 Å². The number of carbonyl (C=O) groups is 3. The van der Waals surface area contributed by atoms with Crippen LogP contribution in [0.4, 0.5) is 11.4 Å². The lowest BCUT2D eigenvalue weighted by Crippen LogP contribution is -2.30. The Morgan fingerprint density at radius 3 is 1.89 bits per heavy atom. The number of carbonyl (C=O) groups excluding carboxylic acids is 3. The van der Waals surface area contributed by atoms with Crippen LogP contribution < -0.4 is 16.0 Å². The molecule has 0 bridgehead atoms. The molecule has 0 fully saturated rings. The monoisotopic (exact) mass is 625 g/mol. The number of rotatable bonds is 10. The number of amides is 3. The third kappa shape index (κ3) is 8.40. The topological polar surface area (TPSA) is 87.3 Å². The molecule has 0 aliphatic heterocycles. The van der Waals surface area contributed by atoms with Gasteiger partial charge < -0.3 is 16.0 Å². The zero-order valence-electron chi connectivity index (χ0n) is 25.9. The maximum absolute atomic E-state index is 13.6. The summed E-state index contributed by atoms with van der Waals surface area (Å²) in [7, 11) is 0. The van der Waals surface area contributed by atoms with Crippen LogP contribution in [0.5, 0.6) is 0 Å². The van der Waals surface area contributed by atoms with Crippen molar-refractivity contribution in [3.05, 3.63) is 166 Å². The van der Waals surface area contributed by atoms with Gasteiger partial charge in [-0.25, -0.2) is 0 Å². The molecular weight excluding hydrogens is 591 g/mol. The standard InChI is InChI=1S/C39H35N3O3S/c1-26-17-19-29(20-18-26)25-34(41-37(43)31-15-8-5-9-16-31)38(44)40-32-21-23-33(24-22-32)46-36(30-13-6-4-7-14-30)39(45)42-35-27(2)11-10-12-28(35)3/h4-25,36H,1-3H3,(H,40,44)(H,41,43)(H,42,45)/b34-25-. The summed E-state index contributed by atoms with van der Waals surface area (Å²) in [5, 5.41) is 8.31. The zero-order chi connectivity index (χ0) is 32.5. The summed E-state index contributed by atoms with van der Waals surface area (Å²) < 4.78 is 0. The lowest BCUT2D eigenvalue weighted by atomic mass is 10.1. The molecule has 0 saturated heterocycles. The Hall–Kier alpha value is -5.40. The molecule has 0 aromatic heterocycles. The number of thioether (sulfide) groups is 1. The lowest BCUT2D eigenvalue weighted by molar-refractivity contribution is -0.116. The Labute approximate surface area is 274 Å². The Morgan fingerprint density at radius 2 is 1.26 bits per heavy atom. The highest BCUT2D eigenvalue weighted by atomic mass is 32.2. The zero-order valence-corrected chi connectivity index (χ0v) is 26.7. The fourth-order valence-corrected chi connectivity index (χ4v) is 5.85. The summed E-state index contributed by atoms with van der Waals surface area (Å²) in [4.78, 5) is 40.9. The highest BCUT2D eigenvalue weighted by Crippen LogP contribution is 2.37. The summed E-state index contributed by atoms with van der Waals surface area (Å²) in [5.41, 5.74) is 6.68. The average molecular weight is 626 g/mol. The van der Waals surface area contributed by atoms with E-state index in [-0.39, 0.29) is 17.5 Å². The van der Waals surface area contributed by atoms with Gasteiger partial charge in [0.25, 0.3) is 11.8 Å². The maximum atomic E-state index is 13.6. The number of aryl methyl sites for hydroxylation is 3. The van der Waals surface area contributed by atoms with Gasteiger partial charge in [0, 0.05) is 21.8 Å². The fourth-order valence-electron chi connectivity index (χ4n) is 4.82. The maximum Gasteiger partial charge on any atom is 0.272 e. The predicted molar refractivity (Wildman–Crippen MR) is 188 cm³/mol. The molecule has 1 unspecified atom stereocenters. The molecule has 5 aromatic rings. The summed E-state index contributed by atoms with van der Waals surface area (Å²) >= 11 is 1.43. The van der Waals surface area contributed by atoms with Crippen LogP contribution in [0.1, 0.15) is 43.4 Å². The SMILES string of the molecule is Cc1ccc(/C=C(\NC(=O)c2ccccc2)C(=O)Nc2ccc(SC(C(=O)Nc3c(C)cccc3C)c3ccccc3)cc2)cc1. The molecule has 0 spiro atoms. The van der Waals surface area contributed by atoms with Crippen LogP contribution in [0, 0.1) is 20.8 Å². The highest BCUT2D eigenvalue weighted by Gasteiger charge is 2.23. The van der Waals surface area contributed by atoms with Crippen molar-refractivity contribution in [2.24, 2.45) is 0 Å². The van der Waals surface area contributed by atoms with Gasteiger partial charge >= 0.3 is 0 Å². The van der Waals surface area contributed by atoms with E-state index >= 15 is 0 Å². The first-order valence-corrected chi connectivity index (χ1v) is 15.8. The van der Waals surface area contributed by atoms with E-state index < -0.39 is 11.2 Å². The van der Waals surface area contributed by atoms with Crippen molar-refractivity contribution in [2.75, 3.05) is 10.6 Å². The van der Waals surface area contributed by atoms with E-state index in [1.54, 1.807) is 42.5 Å². The first-order valence-electron chi connectivity index (χ1n) is 14.9. The largest absolute Gasteiger partial charge is 0.324 e. The van der Waals surface area contributed by atoms with Crippen molar-refractivity contribution >= 4 is 46.9 Å². The molecule has 5 rings (SSSR count). The Bertz CT molecular complexity index is 1830. The molecule has 3 N–H and O–H groups in total. The number of para-hydroxylation sites is 1. The quantitative estimate of drug-likeness (QED) is 0.107. The Balaban J connectivity index is 1.33. The molecule has 0 heterocycles. The number of benzene rings is 5. The third-order valence-electron chi connectivity index (χ3n) is 7.35. The number of hydrogen-bond donors (Lipinski definition) is 3. The highest BCUT2D eigenvalue weighted by molar-refractivity contribution is 8.00. The predicted octanol–water partition coefficient (Wildman–Crippen LogP) is 8.49. The van der Waals surface area contributed by atoms with Crippen LogP contribution in [0.15, 0.2) is 138 Å². The van der Waals surface area contributed by atoms with E-state index in [2.05, 4.69) is 16.0 Å². The van der Waals surface area contributed by atoms with Crippen LogP contribution >= 0.6 is 11.8 Å². The molecule has 0 aliphatic carbocycles. The normalized spacial score (nSPS) is 11.8. The molecule has 0 aliphatic rings. The average Bonchev–Trinajstić information content (AvgIpc) is 3.07. The van der Waals surface area contributed by atoms with Gasteiger partial charge in [0.05, 0.1) is 0 Å². The molecule has 0 radical (unpaired) electrons. The first kappa shape index (κ1) is 32.0. The van der Waals surface area contributed by atoms with Crippen molar-refractivity contribution in [2.45, 2.75) is 30.9 Å². The number of hydrogen-bond acceptors (Lipinski definition) is 4. The second-order valence-electron chi connectivity index (χ2n) is 10.9. The van der Waals surface area contributed by atoms with E-state index in [1.165, 1.54) is 11.8 Å². The van der Waals surface area contributed by atoms with Crippen molar-refractivity contribution < 1.29 is 14.4 Å². The molecular formula is C39H35N3O3S. The summed E-state index contributed by atoms with van der Waals surface area (Å²) in [6, 6.07) is 39.3. The second-order valence-corrected chi connectivity index (χ2v) is 12.1. The molecule has 46 heavy (non-hydrogen) atoms. The molecule has 6 nitrogen and oxygen atoms in total. The molecule has 3 amide bonds. The van der Waals surface area contributed by atoms with Crippen LogP contribution in [0.3, 0.4) is 0 Å². The minimum atomic E-state index is -0.502. The van der Waals surface area contributed by atoms with E-state index in [9.17, 15) is 14.4 Å². The van der Waals surface area contributed by atoms with Gasteiger partial charge in [-0.1, -0.05) is 96.6 Å². The van der Waals surface area contributed by atoms with Gasteiger partial charge in [-0.15, -0.1) is 11.8 Å². The van der Waals surface area contributed by atoms with Crippen LogP contribution in [-0.2, 0) is 9.59 Å². The van der Waals surface area contributed by atoms with Crippen molar-refractivity contribution in [1.82, 2.24) is 5.32 Å². The van der Waals surface area contributed by atoms with Gasteiger partial charge in [0.1, 0.15) is 10.9 Å². The Kier molecular flexibility index (Phi) is 10.5. The van der Waals surface area contributed by atoms with E-state index in [0.29, 0.717) is 11.3 Å². The first-order chi connectivity index (χ1) is 22.3. The molecule has 230 valence electrons. The molecule has 0 saturated carbocycles. The van der Waals surface area contributed by atoms with E-state index in [4.69, 9.17) is 0 Å². The van der Waals surface area contributed by atoms with Crippen LogP contribution in [0.2, 0.25) is 0 Å². The summed E-state index contributed by atoms with van der Waals surface area (Å²) in [5.74, 6) is -0.960. The second kappa shape index (κ2) is 15.1. The van der Waals surface area contributed by atoms with Gasteiger partial charge in [-0.3, -0.25) is 14.4 Å². The van der Waals surface area contributed by atoms with E-state index in [1.807, 2.05) is 112 Å². The van der Waals surface area contributed by atoms with Crippen molar-refractivity contribution in [1.29, 1.82) is 0 Å². The number of anilines is 2. The molecule has 1 atom stereocenters. The fraction of sp³-hybridized carbons (Fsp3) is 0.103. The summed E-state index contributed by atoms with van der Waals surface area (Å²) in [6.45, 7) is 5.95. The summed E-state index contributed by atoms with van der Waals surface area (Å²) in [6.07, 6.45) is 1.65. The van der Waals surface area contributed by atoms with Gasteiger partial charge in [-0.05, 0) is 85.5 Å². The van der Waals surface area contributed by atoms with Crippen molar-refractivity contribution in [3.8, 4) is 0 Å². The van der Waals surface area contributed by atoms with Gasteiger partial charge in [-0.2, -0.15) is 0 Å². The molecule has 7 heteroatoms. The smallest absolute Gasteiger partial charge is 0.272 e. The minimum absolute atomic E-state index is 0.114. The van der Waals surface area contributed by atoms with E-state index in [0.717, 1.165) is 38.4 Å². The lowest BCUT2D eigenvalue weighted by Gasteiger charge is -2.19. The number of nitrogens with one attached hydrogen (secondary N) is 3.